The Morgan fingerprint density at radius 2 is 1.95 bits per heavy atom. The van der Waals surface area contributed by atoms with E-state index in [1.165, 1.54) is 0 Å². The molecular weight excluding hydrogens is 254 g/mol. The van der Waals surface area contributed by atoms with Gasteiger partial charge < -0.3 is 15.4 Å². The quantitative estimate of drug-likeness (QED) is 0.875. The van der Waals surface area contributed by atoms with E-state index in [4.69, 9.17) is 10.5 Å². The first-order valence-electron chi connectivity index (χ1n) is 7.08. The van der Waals surface area contributed by atoms with Gasteiger partial charge in [0.05, 0.1) is 18.8 Å². The number of piperazine rings is 1. The highest BCUT2D eigenvalue weighted by Crippen LogP contribution is 2.28. The van der Waals surface area contributed by atoms with Crippen molar-refractivity contribution in [3.05, 3.63) is 24.3 Å². The highest BCUT2D eigenvalue weighted by atomic mass is 16.5. The zero-order valence-corrected chi connectivity index (χ0v) is 12.2. The van der Waals surface area contributed by atoms with Gasteiger partial charge in [-0.2, -0.15) is 0 Å². The van der Waals surface area contributed by atoms with Gasteiger partial charge in [-0.3, -0.25) is 9.69 Å². The molecule has 5 heteroatoms. The van der Waals surface area contributed by atoms with Crippen LogP contribution in [0.1, 0.15) is 13.3 Å². The molecule has 0 aliphatic carbocycles. The molecule has 110 valence electrons. The van der Waals surface area contributed by atoms with Crippen molar-refractivity contribution in [1.29, 1.82) is 0 Å². The number of amides is 1. The molecule has 1 fully saturated rings. The largest absolute Gasteiger partial charge is 0.495 e. The Bertz CT molecular complexity index is 456. The van der Waals surface area contributed by atoms with E-state index in [9.17, 15) is 4.79 Å². The lowest BCUT2D eigenvalue weighted by atomic mass is 10.1. The fourth-order valence-electron chi connectivity index (χ4n) is 2.80. The lowest BCUT2D eigenvalue weighted by Crippen LogP contribution is -2.54. The molecule has 0 saturated carbocycles. The Hall–Kier alpha value is -1.75. The van der Waals surface area contributed by atoms with Gasteiger partial charge >= 0.3 is 0 Å². The molecule has 1 saturated heterocycles. The zero-order valence-electron chi connectivity index (χ0n) is 12.2. The van der Waals surface area contributed by atoms with Crippen LogP contribution in [0.4, 0.5) is 5.69 Å². The van der Waals surface area contributed by atoms with Gasteiger partial charge in [0.15, 0.2) is 0 Å². The minimum atomic E-state index is -0.224. The van der Waals surface area contributed by atoms with Crippen LogP contribution in [0.5, 0.6) is 5.75 Å². The van der Waals surface area contributed by atoms with Crippen LogP contribution in [0.15, 0.2) is 24.3 Å². The SMILES string of the molecule is CCC(C(N)=O)N1CCN(c2ccccc2OC)CC1. The van der Waals surface area contributed by atoms with Gasteiger partial charge in [0.25, 0.3) is 0 Å². The van der Waals surface area contributed by atoms with E-state index < -0.39 is 0 Å². The zero-order chi connectivity index (χ0) is 14.5. The Balaban J connectivity index is 2.02. The summed E-state index contributed by atoms with van der Waals surface area (Å²) < 4.78 is 5.40. The van der Waals surface area contributed by atoms with E-state index in [1.807, 2.05) is 25.1 Å². The predicted molar refractivity (Wildman–Crippen MR) is 80.1 cm³/mol. The third-order valence-corrected chi connectivity index (χ3v) is 3.90. The Kier molecular flexibility index (Phi) is 4.84. The highest BCUT2D eigenvalue weighted by Gasteiger charge is 2.26. The topological polar surface area (TPSA) is 58.8 Å². The van der Waals surface area contributed by atoms with Crippen molar-refractivity contribution in [3.63, 3.8) is 0 Å². The van der Waals surface area contributed by atoms with Crippen LogP contribution in [0.25, 0.3) is 0 Å². The van der Waals surface area contributed by atoms with Crippen LogP contribution in [0.2, 0.25) is 0 Å². The number of hydrogen-bond donors (Lipinski definition) is 1. The number of rotatable bonds is 5. The van der Waals surface area contributed by atoms with Crippen LogP contribution in [0.3, 0.4) is 0 Å². The first-order valence-corrected chi connectivity index (χ1v) is 7.08. The summed E-state index contributed by atoms with van der Waals surface area (Å²) in [5.41, 5.74) is 6.57. The van der Waals surface area contributed by atoms with Crippen molar-refractivity contribution in [3.8, 4) is 5.75 Å². The highest BCUT2D eigenvalue weighted by molar-refractivity contribution is 5.79. The lowest BCUT2D eigenvalue weighted by molar-refractivity contribution is -0.123. The van der Waals surface area contributed by atoms with Gasteiger partial charge in [0.1, 0.15) is 5.75 Å². The lowest BCUT2D eigenvalue weighted by Gasteiger charge is -2.39. The third-order valence-electron chi connectivity index (χ3n) is 3.90. The summed E-state index contributed by atoms with van der Waals surface area (Å²) in [6.45, 7) is 5.45. The van der Waals surface area contributed by atoms with Crippen molar-refractivity contribution < 1.29 is 9.53 Å². The maximum atomic E-state index is 11.4. The van der Waals surface area contributed by atoms with Gasteiger partial charge in [-0.25, -0.2) is 0 Å². The fraction of sp³-hybridized carbons (Fsp3) is 0.533. The molecule has 2 N–H and O–H groups in total. The summed E-state index contributed by atoms with van der Waals surface area (Å²) >= 11 is 0. The molecule has 1 aromatic carbocycles. The third kappa shape index (κ3) is 3.04. The normalized spacial score (nSPS) is 17.8. The van der Waals surface area contributed by atoms with E-state index in [0.717, 1.165) is 44.0 Å². The number of primary amides is 1. The summed E-state index contributed by atoms with van der Waals surface area (Å²) in [4.78, 5) is 15.9. The predicted octanol–water partition coefficient (Wildman–Crippen LogP) is 1.08. The minimum absolute atomic E-state index is 0.144. The molecule has 2 rings (SSSR count). The fourth-order valence-corrected chi connectivity index (χ4v) is 2.80. The Morgan fingerprint density at radius 3 is 2.50 bits per heavy atom. The molecule has 5 nitrogen and oxygen atoms in total. The Morgan fingerprint density at radius 1 is 1.30 bits per heavy atom. The first-order chi connectivity index (χ1) is 9.67. The molecule has 0 aromatic heterocycles. The number of hydrogen-bond acceptors (Lipinski definition) is 4. The van der Waals surface area contributed by atoms with Crippen molar-refractivity contribution in [1.82, 2.24) is 4.90 Å². The number of nitrogens with two attached hydrogens (primary N) is 1. The second-order valence-electron chi connectivity index (χ2n) is 5.02. The molecule has 0 spiro atoms. The molecule has 0 radical (unpaired) electrons. The van der Waals surface area contributed by atoms with Gasteiger partial charge in [-0.05, 0) is 18.6 Å². The van der Waals surface area contributed by atoms with Crippen LogP contribution in [-0.4, -0.2) is 50.1 Å². The summed E-state index contributed by atoms with van der Waals surface area (Å²) in [6, 6.07) is 7.89. The number of carbonyl (C=O) groups excluding carboxylic acids is 1. The first kappa shape index (κ1) is 14.7. The molecule has 1 aliphatic heterocycles. The van der Waals surface area contributed by atoms with Gasteiger partial charge in [-0.1, -0.05) is 19.1 Å². The average molecular weight is 277 g/mol. The van der Waals surface area contributed by atoms with Crippen LogP contribution in [0, 0.1) is 0 Å². The van der Waals surface area contributed by atoms with Crippen LogP contribution in [-0.2, 0) is 4.79 Å². The van der Waals surface area contributed by atoms with E-state index in [1.54, 1.807) is 7.11 Å². The van der Waals surface area contributed by atoms with Crippen LogP contribution < -0.4 is 15.4 Å². The maximum Gasteiger partial charge on any atom is 0.234 e. The van der Waals surface area contributed by atoms with E-state index in [-0.39, 0.29) is 11.9 Å². The number of methoxy groups -OCH3 is 1. The van der Waals surface area contributed by atoms with Crippen molar-refractivity contribution in [2.75, 3.05) is 38.2 Å². The molecule has 1 amide bonds. The van der Waals surface area contributed by atoms with Crippen LogP contribution >= 0.6 is 0 Å². The molecule has 0 bridgehead atoms. The van der Waals surface area contributed by atoms with Gasteiger partial charge in [-0.15, -0.1) is 0 Å². The number of para-hydroxylation sites is 2. The van der Waals surface area contributed by atoms with E-state index >= 15 is 0 Å². The van der Waals surface area contributed by atoms with Gasteiger partial charge in [0.2, 0.25) is 5.91 Å². The number of benzene rings is 1. The van der Waals surface area contributed by atoms with E-state index in [0.29, 0.717) is 0 Å². The summed E-state index contributed by atoms with van der Waals surface area (Å²) in [7, 11) is 1.69. The van der Waals surface area contributed by atoms with Crippen molar-refractivity contribution >= 4 is 11.6 Å². The number of nitrogens with zero attached hydrogens (tertiary/aromatic N) is 2. The molecule has 1 unspecified atom stereocenters. The van der Waals surface area contributed by atoms with E-state index in [2.05, 4.69) is 15.9 Å². The van der Waals surface area contributed by atoms with Gasteiger partial charge in [0, 0.05) is 26.2 Å². The molecule has 20 heavy (non-hydrogen) atoms. The standard InChI is InChI=1S/C15H23N3O2/c1-3-12(15(16)19)17-8-10-18(11-9-17)13-6-4-5-7-14(13)20-2/h4-7,12H,3,8-11H2,1-2H3,(H2,16,19). The maximum absolute atomic E-state index is 11.4. The molecule has 1 aliphatic rings. The summed E-state index contributed by atoms with van der Waals surface area (Å²) in [5.74, 6) is 0.668. The second-order valence-corrected chi connectivity index (χ2v) is 5.02. The van der Waals surface area contributed by atoms with Crippen molar-refractivity contribution in [2.24, 2.45) is 5.73 Å². The number of carbonyl (C=O) groups is 1. The molecule has 1 atom stereocenters. The number of ether oxygens (including phenoxy) is 1. The second kappa shape index (κ2) is 6.61. The molecule has 1 aromatic rings. The minimum Gasteiger partial charge on any atom is -0.495 e. The summed E-state index contributed by atoms with van der Waals surface area (Å²) in [6.07, 6.45) is 0.768. The number of anilines is 1. The average Bonchev–Trinajstić information content (AvgIpc) is 2.48. The summed E-state index contributed by atoms with van der Waals surface area (Å²) in [5, 5.41) is 0. The smallest absolute Gasteiger partial charge is 0.234 e. The molecular formula is C15H23N3O2. The Labute approximate surface area is 120 Å². The van der Waals surface area contributed by atoms with Crippen molar-refractivity contribution in [2.45, 2.75) is 19.4 Å². The molecule has 1 heterocycles. The monoisotopic (exact) mass is 277 g/mol.